The number of carbonyl (C=O) groups excluding carboxylic acids is 1. The van der Waals surface area contributed by atoms with Crippen molar-refractivity contribution in [3.8, 4) is 0 Å². The highest BCUT2D eigenvalue weighted by Crippen LogP contribution is 2.12. The Morgan fingerprint density at radius 1 is 1.53 bits per heavy atom. The normalized spacial score (nSPS) is 15.1. The lowest BCUT2D eigenvalue weighted by atomic mass is 9.94. The number of carbonyl (C=O) groups is 1. The second-order valence-electron chi connectivity index (χ2n) is 4.36. The first-order valence-electron chi connectivity index (χ1n) is 5.56. The molecule has 3 N–H and O–H groups in total. The third-order valence-electron chi connectivity index (χ3n) is 2.47. The Balaban J connectivity index is 4.01. The third kappa shape index (κ3) is 6.47. The van der Waals surface area contributed by atoms with E-state index in [9.17, 15) is 4.79 Å². The second kappa shape index (κ2) is 6.80. The van der Waals surface area contributed by atoms with Gasteiger partial charge in [-0.25, -0.2) is 0 Å². The van der Waals surface area contributed by atoms with Gasteiger partial charge in [-0.1, -0.05) is 6.92 Å². The standard InChI is InChI=1S/C11H24N2O2/c1-5-11(4,6-7-12)13-10(14)8-15-9(2)3/h9H,5-8,12H2,1-4H3,(H,13,14). The van der Waals surface area contributed by atoms with E-state index < -0.39 is 0 Å². The molecule has 1 amide bonds. The summed E-state index contributed by atoms with van der Waals surface area (Å²) in [6.07, 6.45) is 1.74. The largest absolute Gasteiger partial charge is 0.369 e. The maximum absolute atomic E-state index is 11.5. The van der Waals surface area contributed by atoms with Crippen molar-refractivity contribution in [3.05, 3.63) is 0 Å². The molecule has 1 unspecified atom stereocenters. The van der Waals surface area contributed by atoms with E-state index >= 15 is 0 Å². The molecular formula is C11H24N2O2. The van der Waals surface area contributed by atoms with Gasteiger partial charge >= 0.3 is 0 Å². The number of ether oxygens (including phenoxy) is 1. The molecule has 0 rings (SSSR count). The predicted molar refractivity (Wildman–Crippen MR) is 61.6 cm³/mol. The van der Waals surface area contributed by atoms with E-state index in [0.717, 1.165) is 12.8 Å². The van der Waals surface area contributed by atoms with E-state index in [1.807, 2.05) is 27.7 Å². The highest BCUT2D eigenvalue weighted by molar-refractivity contribution is 5.78. The van der Waals surface area contributed by atoms with Gasteiger partial charge < -0.3 is 15.8 Å². The van der Waals surface area contributed by atoms with Gasteiger partial charge in [-0.15, -0.1) is 0 Å². The smallest absolute Gasteiger partial charge is 0.246 e. The topological polar surface area (TPSA) is 64.3 Å². The summed E-state index contributed by atoms with van der Waals surface area (Å²) in [6.45, 7) is 8.57. The molecule has 0 fully saturated rings. The summed E-state index contributed by atoms with van der Waals surface area (Å²) in [5.41, 5.74) is 5.30. The minimum absolute atomic E-state index is 0.0681. The molecule has 0 radical (unpaired) electrons. The first kappa shape index (κ1) is 14.4. The number of hydrogen-bond donors (Lipinski definition) is 2. The van der Waals surface area contributed by atoms with Gasteiger partial charge in [0.25, 0.3) is 0 Å². The molecule has 0 saturated heterocycles. The minimum Gasteiger partial charge on any atom is -0.369 e. The lowest BCUT2D eigenvalue weighted by Crippen LogP contribution is -2.48. The van der Waals surface area contributed by atoms with E-state index in [0.29, 0.717) is 6.54 Å². The average molecular weight is 216 g/mol. The van der Waals surface area contributed by atoms with Crippen LogP contribution in [0.4, 0.5) is 0 Å². The van der Waals surface area contributed by atoms with Crippen molar-refractivity contribution in [2.45, 2.75) is 52.2 Å². The summed E-state index contributed by atoms with van der Waals surface area (Å²) >= 11 is 0. The van der Waals surface area contributed by atoms with Crippen LogP contribution in [-0.2, 0) is 9.53 Å². The van der Waals surface area contributed by atoms with E-state index in [1.54, 1.807) is 0 Å². The maximum atomic E-state index is 11.5. The molecule has 0 heterocycles. The molecule has 0 aliphatic carbocycles. The molecular weight excluding hydrogens is 192 g/mol. The van der Waals surface area contributed by atoms with Crippen molar-refractivity contribution in [2.75, 3.05) is 13.2 Å². The fourth-order valence-corrected chi connectivity index (χ4v) is 1.26. The fraction of sp³-hybridized carbons (Fsp3) is 0.909. The van der Waals surface area contributed by atoms with Gasteiger partial charge in [-0.05, 0) is 40.2 Å². The monoisotopic (exact) mass is 216 g/mol. The molecule has 0 spiro atoms. The van der Waals surface area contributed by atoms with Gasteiger partial charge in [0.2, 0.25) is 5.91 Å². The fourth-order valence-electron chi connectivity index (χ4n) is 1.26. The third-order valence-corrected chi connectivity index (χ3v) is 2.47. The summed E-state index contributed by atoms with van der Waals surface area (Å²) in [5.74, 6) is -0.0681. The Morgan fingerprint density at radius 2 is 2.13 bits per heavy atom. The molecule has 4 nitrogen and oxygen atoms in total. The van der Waals surface area contributed by atoms with Gasteiger partial charge in [0.15, 0.2) is 0 Å². The zero-order valence-corrected chi connectivity index (χ0v) is 10.3. The van der Waals surface area contributed by atoms with Crippen LogP contribution in [0.2, 0.25) is 0 Å². The van der Waals surface area contributed by atoms with Crippen LogP contribution in [0, 0.1) is 0 Å². The molecule has 1 atom stereocenters. The summed E-state index contributed by atoms with van der Waals surface area (Å²) in [6, 6.07) is 0. The van der Waals surface area contributed by atoms with Crippen LogP contribution in [0.15, 0.2) is 0 Å². The van der Waals surface area contributed by atoms with Gasteiger partial charge in [-0.2, -0.15) is 0 Å². The zero-order chi connectivity index (χ0) is 11.9. The summed E-state index contributed by atoms with van der Waals surface area (Å²) in [7, 11) is 0. The van der Waals surface area contributed by atoms with Crippen molar-refractivity contribution < 1.29 is 9.53 Å². The number of hydrogen-bond acceptors (Lipinski definition) is 3. The minimum atomic E-state index is -0.202. The van der Waals surface area contributed by atoms with Crippen LogP contribution in [0.3, 0.4) is 0 Å². The highest BCUT2D eigenvalue weighted by atomic mass is 16.5. The van der Waals surface area contributed by atoms with Crippen LogP contribution in [-0.4, -0.2) is 30.7 Å². The van der Waals surface area contributed by atoms with Crippen LogP contribution < -0.4 is 11.1 Å². The van der Waals surface area contributed by atoms with Crippen LogP contribution >= 0.6 is 0 Å². The van der Waals surface area contributed by atoms with Gasteiger partial charge in [0, 0.05) is 5.54 Å². The van der Waals surface area contributed by atoms with Crippen molar-refractivity contribution in [1.82, 2.24) is 5.32 Å². The number of nitrogens with two attached hydrogens (primary N) is 1. The Kier molecular flexibility index (Phi) is 6.52. The number of amides is 1. The molecule has 0 aromatic rings. The molecule has 0 aliphatic rings. The first-order valence-corrected chi connectivity index (χ1v) is 5.56. The van der Waals surface area contributed by atoms with Gasteiger partial charge in [0.1, 0.15) is 6.61 Å². The van der Waals surface area contributed by atoms with Crippen molar-refractivity contribution in [2.24, 2.45) is 5.73 Å². The molecule has 4 heteroatoms. The van der Waals surface area contributed by atoms with Crippen molar-refractivity contribution in [1.29, 1.82) is 0 Å². The van der Waals surface area contributed by atoms with Crippen LogP contribution in [0.5, 0.6) is 0 Å². The lowest BCUT2D eigenvalue weighted by molar-refractivity contribution is -0.129. The molecule has 0 saturated carbocycles. The van der Waals surface area contributed by atoms with Gasteiger partial charge in [0.05, 0.1) is 6.10 Å². The first-order chi connectivity index (χ1) is 6.93. The van der Waals surface area contributed by atoms with E-state index in [4.69, 9.17) is 10.5 Å². The predicted octanol–water partition coefficient (Wildman–Crippen LogP) is 1.05. The number of rotatable bonds is 7. The van der Waals surface area contributed by atoms with E-state index in [2.05, 4.69) is 5.32 Å². The van der Waals surface area contributed by atoms with Gasteiger partial charge in [-0.3, -0.25) is 4.79 Å². The Hall–Kier alpha value is -0.610. The molecule has 15 heavy (non-hydrogen) atoms. The zero-order valence-electron chi connectivity index (χ0n) is 10.3. The maximum Gasteiger partial charge on any atom is 0.246 e. The highest BCUT2D eigenvalue weighted by Gasteiger charge is 2.23. The molecule has 0 bridgehead atoms. The van der Waals surface area contributed by atoms with Crippen LogP contribution in [0.25, 0.3) is 0 Å². The van der Waals surface area contributed by atoms with Crippen molar-refractivity contribution >= 4 is 5.91 Å². The Bertz CT molecular complexity index is 195. The lowest BCUT2D eigenvalue weighted by Gasteiger charge is -2.29. The summed E-state index contributed by atoms with van der Waals surface area (Å²) in [5, 5.41) is 2.96. The van der Waals surface area contributed by atoms with Crippen LogP contribution in [0.1, 0.15) is 40.5 Å². The average Bonchev–Trinajstić information content (AvgIpc) is 2.15. The molecule has 0 aromatic heterocycles. The summed E-state index contributed by atoms with van der Waals surface area (Å²) < 4.78 is 5.23. The summed E-state index contributed by atoms with van der Waals surface area (Å²) in [4.78, 5) is 11.5. The number of nitrogens with one attached hydrogen (secondary N) is 1. The van der Waals surface area contributed by atoms with E-state index in [1.165, 1.54) is 0 Å². The van der Waals surface area contributed by atoms with E-state index in [-0.39, 0.29) is 24.2 Å². The molecule has 0 aromatic carbocycles. The Labute approximate surface area is 92.6 Å². The van der Waals surface area contributed by atoms with Crippen molar-refractivity contribution in [3.63, 3.8) is 0 Å². The molecule has 0 aliphatic heterocycles. The molecule has 90 valence electrons. The Morgan fingerprint density at radius 3 is 2.53 bits per heavy atom. The SMILES string of the molecule is CCC(C)(CCN)NC(=O)COC(C)C. The second-order valence-corrected chi connectivity index (χ2v) is 4.36. The quantitative estimate of drug-likeness (QED) is 0.668.